The quantitative estimate of drug-likeness (QED) is 0.816. The summed E-state index contributed by atoms with van der Waals surface area (Å²) in [6.07, 6.45) is 2.95. The van der Waals surface area contributed by atoms with Crippen molar-refractivity contribution in [3.8, 4) is 0 Å². The van der Waals surface area contributed by atoms with Gasteiger partial charge < -0.3 is 20.1 Å². The number of nitrogens with two attached hydrogens (primary N) is 1. The van der Waals surface area contributed by atoms with Gasteiger partial charge in [0.2, 0.25) is 5.91 Å². The molecule has 2 N–H and O–H groups in total. The molecule has 1 amide bonds. The highest BCUT2D eigenvalue weighted by molar-refractivity contribution is 5.80. The van der Waals surface area contributed by atoms with Crippen molar-refractivity contribution >= 4 is 5.91 Å². The Labute approximate surface area is 115 Å². The molecule has 19 heavy (non-hydrogen) atoms. The number of methoxy groups -OCH3 is 2. The molecule has 0 bridgehead atoms. The summed E-state index contributed by atoms with van der Waals surface area (Å²) in [5.41, 5.74) is 6.13. The first-order chi connectivity index (χ1) is 9.06. The maximum Gasteiger partial charge on any atom is 0.227 e. The number of ether oxygens (including phenoxy) is 2. The molecule has 1 saturated heterocycles. The molecule has 1 heterocycles. The lowest BCUT2D eigenvalue weighted by Gasteiger charge is -2.34. The normalized spacial score (nSPS) is 39.6. The highest BCUT2D eigenvalue weighted by Gasteiger charge is 2.40. The molecule has 0 radical (unpaired) electrons. The van der Waals surface area contributed by atoms with E-state index in [0.29, 0.717) is 19.0 Å². The van der Waals surface area contributed by atoms with Gasteiger partial charge in [-0.15, -0.1) is 0 Å². The fourth-order valence-corrected chi connectivity index (χ4v) is 3.30. The zero-order valence-electron chi connectivity index (χ0n) is 12.2. The molecule has 2 rings (SSSR count). The van der Waals surface area contributed by atoms with Crippen LogP contribution in [0.15, 0.2) is 0 Å². The van der Waals surface area contributed by atoms with E-state index >= 15 is 0 Å². The van der Waals surface area contributed by atoms with E-state index in [-0.39, 0.29) is 30.1 Å². The summed E-state index contributed by atoms with van der Waals surface area (Å²) in [5.74, 6) is 0.741. The van der Waals surface area contributed by atoms with E-state index in [9.17, 15) is 4.79 Å². The Morgan fingerprint density at radius 1 is 1.16 bits per heavy atom. The maximum absolute atomic E-state index is 12.6. The second-order valence-corrected chi connectivity index (χ2v) is 5.98. The van der Waals surface area contributed by atoms with Crippen molar-refractivity contribution in [2.24, 2.45) is 17.6 Å². The number of carbonyl (C=O) groups is 1. The van der Waals surface area contributed by atoms with Gasteiger partial charge in [-0.05, 0) is 25.2 Å². The fraction of sp³-hybridized carbons (Fsp3) is 0.929. The molecule has 0 spiro atoms. The molecular formula is C14H26N2O3. The molecule has 2 aliphatic rings. The van der Waals surface area contributed by atoms with E-state index in [4.69, 9.17) is 15.2 Å². The average molecular weight is 270 g/mol. The first kappa shape index (κ1) is 14.8. The van der Waals surface area contributed by atoms with E-state index in [1.165, 1.54) is 0 Å². The number of rotatable bonds is 3. The van der Waals surface area contributed by atoms with Gasteiger partial charge in [0.1, 0.15) is 12.2 Å². The standard InChI is InChI=1S/C14H26N2O3/c1-9-4-5-11(15)10(6-9)14(17)16-7-12(18-2)13(8-16)19-3/h9-13H,4-8,15H2,1-3H3. The van der Waals surface area contributed by atoms with Gasteiger partial charge in [0.15, 0.2) is 0 Å². The van der Waals surface area contributed by atoms with Crippen LogP contribution in [0.2, 0.25) is 0 Å². The van der Waals surface area contributed by atoms with Crippen LogP contribution in [-0.2, 0) is 14.3 Å². The van der Waals surface area contributed by atoms with Crippen molar-refractivity contribution in [1.82, 2.24) is 4.90 Å². The monoisotopic (exact) mass is 270 g/mol. The van der Waals surface area contributed by atoms with Crippen LogP contribution in [0.5, 0.6) is 0 Å². The van der Waals surface area contributed by atoms with E-state index < -0.39 is 0 Å². The highest BCUT2D eigenvalue weighted by atomic mass is 16.5. The van der Waals surface area contributed by atoms with Gasteiger partial charge in [0.05, 0.1) is 5.92 Å². The molecule has 0 aromatic carbocycles. The molecule has 5 unspecified atom stereocenters. The van der Waals surface area contributed by atoms with Crippen LogP contribution in [0.1, 0.15) is 26.2 Å². The molecule has 110 valence electrons. The summed E-state index contributed by atoms with van der Waals surface area (Å²) in [6.45, 7) is 3.43. The lowest BCUT2D eigenvalue weighted by atomic mass is 9.78. The molecule has 5 atom stereocenters. The van der Waals surface area contributed by atoms with Gasteiger partial charge in [-0.25, -0.2) is 0 Å². The van der Waals surface area contributed by atoms with E-state index in [0.717, 1.165) is 19.3 Å². The zero-order chi connectivity index (χ0) is 14.0. The average Bonchev–Trinajstić information content (AvgIpc) is 2.84. The number of carbonyl (C=O) groups excluding carboxylic acids is 1. The van der Waals surface area contributed by atoms with Crippen molar-refractivity contribution in [3.63, 3.8) is 0 Å². The van der Waals surface area contributed by atoms with Gasteiger partial charge in [0, 0.05) is 33.4 Å². The predicted octanol–water partition coefficient (Wildman–Crippen LogP) is 0.622. The Morgan fingerprint density at radius 3 is 2.26 bits per heavy atom. The Morgan fingerprint density at radius 2 is 1.74 bits per heavy atom. The van der Waals surface area contributed by atoms with Gasteiger partial charge in [-0.1, -0.05) is 6.92 Å². The summed E-state index contributed by atoms with van der Waals surface area (Å²) in [7, 11) is 3.33. The molecule has 1 aliphatic carbocycles. The van der Waals surface area contributed by atoms with Gasteiger partial charge in [0.25, 0.3) is 0 Å². The van der Waals surface area contributed by atoms with Crippen LogP contribution in [0.25, 0.3) is 0 Å². The van der Waals surface area contributed by atoms with Crippen molar-refractivity contribution in [1.29, 1.82) is 0 Å². The zero-order valence-corrected chi connectivity index (χ0v) is 12.2. The molecule has 1 aliphatic heterocycles. The van der Waals surface area contributed by atoms with Crippen LogP contribution in [0, 0.1) is 11.8 Å². The summed E-state index contributed by atoms with van der Waals surface area (Å²) in [5, 5.41) is 0. The smallest absolute Gasteiger partial charge is 0.227 e. The SMILES string of the molecule is COC1CN(C(=O)C2CC(C)CCC2N)CC1OC. The third-order valence-corrected chi connectivity index (χ3v) is 4.62. The molecule has 1 saturated carbocycles. The van der Waals surface area contributed by atoms with Crippen molar-refractivity contribution in [2.75, 3.05) is 27.3 Å². The third kappa shape index (κ3) is 3.09. The molecule has 5 nitrogen and oxygen atoms in total. The minimum Gasteiger partial charge on any atom is -0.377 e. The largest absolute Gasteiger partial charge is 0.377 e. The topological polar surface area (TPSA) is 64.8 Å². The Bertz CT molecular complexity index is 312. The van der Waals surface area contributed by atoms with Gasteiger partial charge >= 0.3 is 0 Å². The second kappa shape index (κ2) is 6.20. The minimum atomic E-state index is -0.0307. The predicted molar refractivity (Wildman–Crippen MR) is 72.7 cm³/mol. The summed E-state index contributed by atoms with van der Waals surface area (Å²) in [6, 6.07) is 0.00582. The number of nitrogens with zero attached hydrogens (tertiary/aromatic N) is 1. The Balaban J connectivity index is 1.99. The number of hydrogen-bond acceptors (Lipinski definition) is 4. The third-order valence-electron chi connectivity index (χ3n) is 4.62. The minimum absolute atomic E-state index is 0.00582. The van der Waals surface area contributed by atoms with Crippen LogP contribution >= 0.6 is 0 Å². The van der Waals surface area contributed by atoms with Gasteiger partial charge in [-0.3, -0.25) is 4.79 Å². The van der Waals surface area contributed by atoms with Crippen LogP contribution in [0.4, 0.5) is 0 Å². The van der Waals surface area contributed by atoms with Gasteiger partial charge in [-0.2, -0.15) is 0 Å². The van der Waals surface area contributed by atoms with Crippen molar-refractivity contribution in [2.45, 2.75) is 44.4 Å². The van der Waals surface area contributed by atoms with E-state index in [2.05, 4.69) is 6.92 Å². The van der Waals surface area contributed by atoms with E-state index in [1.54, 1.807) is 14.2 Å². The molecular weight excluding hydrogens is 244 g/mol. The molecule has 2 fully saturated rings. The first-order valence-corrected chi connectivity index (χ1v) is 7.16. The lowest BCUT2D eigenvalue weighted by Crippen LogP contribution is -2.46. The van der Waals surface area contributed by atoms with Crippen molar-refractivity contribution in [3.05, 3.63) is 0 Å². The summed E-state index contributed by atoms with van der Waals surface area (Å²) >= 11 is 0. The lowest BCUT2D eigenvalue weighted by molar-refractivity contribution is -0.137. The Kier molecular flexibility index (Phi) is 4.81. The van der Waals surface area contributed by atoms with E-state index in [1.807, 2.05) is 4.90 Å². The maximum atomic E-state index is 12.6. The van der Waals surface area contributed by atoms with Crippen LogP contribution in [-0.4, -0.2) is 56.4 Å². The number of amides is 1. The van der Waals surface area contributed by atoms with Crippen LogP contribution < -0.4 is 5.73 Å². The first-order valence-electron chi connectivity index (χ1n) is 7.16. The van der Waals surface area contributed by atoms with Crippen molar-refractivity contribution < 1.29 is 14.3 Å². The second-order valence-electron chi connectivity index (χ2n) is 5.98. The summed E-state index contributed by atoms with van der Waals surface area (Å²) < 4.78 is 10.8. The Hall–Kier alpha value is -0.650. The summed E-state index contributed by atoms with van der Waals surface area (Å²) in [4.78, 5) is 14.5. The molecule has 0 aromatic heterocycles. The molecule has 5 heteroatoms. The highest BCUT2D eigenvalue weighted by Crippen LogP contribution is 2.30. The number of hydrogen-bond donors (Lipinski definition) is 1. The van der Waals surface area contributed by atoms with Crippen LogP contribution in [0.3, 0.4) is 0 Å². The fourth-order valence-electron chi connectivity index (χ4n) is 3.30. The molecule has 0 aromatic rings. The number of likely N-dealkylation sites (tertiary alicyclic amines) is 1.